The van der Waals surface area contributed by atoms with Crippen LogP contribution in [-0.4, -0.2) is 5.78 Å². The summed E-state index contributed by atoms with van der Waals surface area (Å²) < 4.78 is 0.925. The van der Waals surface area contributed by atoms with Crippen molar-refractivity contribution in [3.63, 3.8) is 0 Å². The number of thioether (sulfide) groups is 1. The third-order valence-corrected chi connectivity index (χ3v) is 4.52. The van der Waals surface area contributed by atoms with Crippen molar-refractivity contribution in [3.05, 3.63) is 63.1 Å². The van der Waals surface area contributed by atoms with E-state index in [4.69, 9.17) is 11.6 Å². The van der Waals surface area contributed by atoms with Gasteiger partial charge in [-0.15, -0.1) is 11.8 Å². The molecule has 4 heteroatoms. The first-order chi connectivity index (χ1) is 9.06. The largest absolute Gasteiger partial charge is 0.294 e. The normalized spacial score (nSPS) is 10.5. The molecule has 0 fully saturated rings. The van der Waals surface area contributed by atoms with Crippen molar-refractivity contribution < 1.29 is 4.79 Å². The van der Waals surface area contributed by atoms with Crippen LogP contribution in [0, 0.1) is 0 Å². The summed E-state index contributed by atoms with van der Waals surface area (Å²) in [7, 11) is 0. The Morgan fingerprint density at radius 1 is 1.21 bits per heavy atom. The van der Waals surface area contributed by atoms with Crippen LogP contribution in [0.25, 0.3) is 0 Å². The number of halogens is 2. The Bertz CT molecular complexity index is 596. The average Bonchev–Trinajstić information content (AvgIpc) is 2.39. The molecule has 0 aromatic heterocycles. The second kappa shape index (κ2) is 6.60. The van der Waals surface area contributed by atoms with Crippen LogP contribution in [0.3, 0.4) is 0 Å². The van der Waals surface area contributed by atoms with Crippen molar-refractivity contribution in [3.8, 4) is 0 Å². The van der Waals surface area contributed by atoms with Crippen molar-refractivity contribution in [1.82, 2.24) is 0 Å². The Morgan fingerprint density at radius 3 is 2.53 bits per heavy atom. The van der Waals surface area contributed by atoms with Gasteiger partial charge in [-0.2, -0.15) is 0 Å². The molecule has 2 aromatic rings. The highest BCUT2D eigenvalue weighted by molar-refractivity contribution is 9.10. The summed E-state index contributed by atoms with van der Waals surface area (Å²) in [4.78, 5) is 12.6. The first-order valence-electron chi connectivity index (χ1n) is 5.74. The van der Waals surface area contributed by atoms with Gasteiger partial charge < -0.3 is 0 Å². The molecule has 0 amide bonds. The highest BCUT2D eigenvalue weighted by Crippen LogP contribution is 2.29. The molecule has 0 N–H and O–H groups in total. The van der Waals surface area contributed by atoms with Crippen molar-refractivity contribution in [1.29, 1.82) is 0 Å². The molecule has 0 saturated heterocycles. The fraction of sp³-hybridized carbons (Fsp3) is 0.133. The van der Waals surface area contributed by atoms with E-state index in [9.17, 15) is 4.79 Å². The molecule has 2 rings (SSSR count). The molecule has 0 bridgehead atoms. The molecule has 98 valence electrons. The maximum absolute atomic E-state index is 11.6. The van der Waals surface area contributed by atoms with Crippen molar-refractivity contribution in [2.75, 3.05) is 0 Å². The monoisotopic (exact) mass is 354 g/mol. The van der Waals surface area contributed by atoms with E-state index < -0.39 is 0 Å². The van der Waals surface area contributed by atoms with Gasteiger partial charge >= 0.3 is 0 Å². The van der Waals surface area contributed by atoms with Crippen LogP contribution < -0.4 is 0 Å². The second-order valence-corrected chi connectivity index (χ2v) is 6.48. The maximum Gasteiger partial charge on any atom is 0.160 e. The molecule has 0 spiro atoms. The average molecular weight is 356 g/mol. The Hall–Kier alpha value is -0.770. The van der Waals surface area contributed by atoms with Gasteiger partial charge in [-0.3, -0.25) is 4.79 Å². The highest BCUT2D eigenvalue weighted by atomic mass is 79.9. The molecule has 19 heavy (non-hydrogen) atoms. The summed E-state index contributed by atoms with van der Waals surface area (Å²) in [5, 5.41) is 0.738. The molecule has 0 aliphatic heterocycles. The molecule has 0 aliphatic rings. The zero-order valence-electron chi connectivity index (χ0n) is 10.3. The Labute approximate surface area is 130 Å². The zero-order chi connectivity index (χ0) is 13.8. The van der Waals surface area contributed by atoms with Gasteiger partial charge in [0, 0.05) is 25.7 Å². The lowest BCUT2D eigenvalue weighted by atomic mass is 10.1. The number of carbonyl (C=O) groups excluding carboxylic acids is 1. The molecule has 0 aliphatic carbocycles. The first kappa shape index (κ1) is 14.6. The summed E-state index contributed by atoms with van der Waals surface area (Å²) in [5.74, 6) is 0.902. The summed E-state index contributed by atoms with van der Waals surface area (Å²) >= 11 is 10.9. The fourth-order valence-corrected chi connectivity index (χ4v) is 3.17. The smallest absolute Gasteiger partial charge is 0.160 e. The Morgan fingerprint density at radius 2 is 1.89 bits per heavy atom. The van der Waals surface area contributed by atoms with Gasteiger partial charge in [-0.25, -0.2) is 0 Å². The number of rotatable bonds is 4. The minimum Gasteiger partial charge on any atom is -0.294 e. The second-order valence-electron chi connectivity index (χ2n) is 4.11. The van der Waals surface area contributed by atoms with E-state index in [0.29, 0.717) is 0 Å². The van der Waals surface area contributed by atoms with E-state index in [0.717, 1.165) is 25.7 Å². The Balaban J connectivity index is 2.15. The summed E-state index contributed by atoms with van der Waals surface area (Å²) in [6.45, 7) is 1.59. The van der Waals surface area contributed by atoms with Crippen molar-refractivity contribution >= 4 is 45.1 Å². The maximum atomic E-state index is 11.6. The third kappa shape index (κ3) is 4.10. The number of benzene rings is 2. The molecule has 2 aromatic carbocycles. The lowest BCUT2D eigenvalue weighted by molar-refractivity contribution is 0.101. The predicted molar refractivity (Wildman–Crippen MR) is 85.2 cm³/mol. The molecule has 0 saturated carbocycles. The van der Waals surface area contributed by atoms with Crippen LogP contribution >= 0.6 is 39.3 Å². The molecule has 0 heterocycles. The van der Waals surface area contributed by atoms with Gasteiger partial charge in [0.25, 0.3) is 0 Å². The van der Waals surface area contributed by atoms with Crippen LogP contribution in [-0.2, 0) is 5.75 Å². The van der Waals surface area contributed by atoms with Gasteiger partial charge in [0.1, 0.15) is 0 Å². The molecule has 0 atom stereocenters. The van der Waals surface area contributed by atoms with E-state index in [-0.39, 0.29) is 5.78 Å². The molecule has 1 nitrogen and oxygen atoms in total. The summed E-state index contributed by atoms with van der Waals surface area (Å²) in [6.07, 6.45) is 0. The van der Waals surface area contributed by atoms with Crippen LogP contribution in [0.2, 0.25) is 5.02 Å². The van der Waals surface area contributed by atoms with E-state index in [1.165, 1.54) is 5.56 Å². The summed E-state index contributed by atoms with van der Waals surface area (Å²) in [5.41, 5.74) is 1.94. The first-order valence-corrected chi connectivity index (χ1v) is 7.89. The number of carbonyl (C=O) groups is 1. The van der Waals surface area contributed by atoms with Gasteiger partial charge in [-0.05, 0) is 42.8 Å². The lowest BCUT2D eigenvalue weighted by Crippen LogP contribution is -1.95. The van der Waals surface area contributed by atoms with Crippen molar-refractivity contribution in [2.45, 2.75) is 17.6 Å². The van der Waals surface area contributed by atoms with E-state index in [1.807, 2.05) is 42.5 Å². The van der Waals surface area contributed by atoms with E-state index in [1.54, 1.807) is 18.7 Å². The number of Topliss-reactive ketones (excluding diaryl/α,β-unsaturated/α-hetero) is 1. The van der Waals surface area contributed by atoms with E-state index >= 15 is 0 Å². The lowest BCUT2D eigenvalue weighted by Gasteiger charge is -2.07. The fourth-order valence-electron chi connectivity index (χ4n) is 1.64. The summed E-state index contributed by atoms with van der Waals surface area (Å²) in [6, 6.07) is 13.6. The predicted octanol–water partition coefficient (Wildman–Crippen LogP) is 5.60. The number of hydrogen-bond acceptors (Lipinski definition) is 2. The topological polar surface area (TPSA) is 17.1 Å². The quantitative estimate of drug-likeness (QED) is 0.524. The van der Waals surface area contributed by atoms with Crippen LogP contribution in [0.5, 0.6) is 0 Å². The van der Waals surface area contributed by atoms with Gasteiger partial charge in [-0.1, -0.05) is 39.7 Å². The van der Waals surface area contributed by atoms with Crippen LogP contribution in [0.4, 0.5) is 0 Å². The van der Waals surface area contributed by atoms with Crippen LogP contribution in [0.1, 0.15) is 22.8 Å². The molecule has 0 unspecified atom stereocenters. The molecule has 0 radical (unpaired) electrons. The number of ketones is 1. The molecular formula is C15H12BrClOS. The third-order valence-electron chi connectivity index (χ3n) is 2.63. The minimum absolute atomic E-state index is 0.0832. The Kier molecular flexibility index (Phi) is 5.08. The van der Waals surface area contributed by atoms with Gasteiger partial charge in [0.2, 0.25) is 0 Å². The van der Waals surface area contributed by atoms with Crippen LogP contribution in [0.15, 0.2) is 51.8 Å². The standard InChI is InChI=1S/C15H12BrClOS/c1-10(18)14-8-12(16)4-7-15(14)19-9-11-2-5-13(17)6-3-11/h2-8H,9H2,1H3. The minimum atomic E-state index is 0.0832. The van der Waals surface area contributed by atoms with Crippen molar-refractivity contribution in [2.24, 2.45) is 0 Å². The SMILES string of the molecule is CC(=O)c1cc(Br)ccc1SCc1ccc(Cl)cc1. The molecular weight excluding hydrogens is 344 g/mol. The number of hydrogen-bond donors (Lipinski definition) is 0. The van der Waals surface area contributed by atoms with Gasteiger partial charge in [0.15, 0.2) is 5.78 Å². The van der Waals surface area contributed by atoms with Gasteiger partial charge in [0.05, 0.1) is 0 Å². The zero-order valence-corrected chi connectivity index (χ0v) is 13.5. The van der Waals surface area contributed by atoms with E-state index in [2.05, 4.69) is 15.9 Å². The highest BCUT2D eigenvalue weighted by Gasteiger charge is 2.08.